The van der Waals surface area contributed by atoms with Crippen LogP contribution in [0.15, 0.2) is 36.4 Å². The summed E-state index contributed by atoms with van der Waals surface area (Å²) in [6.07, 6.45) is 7.47. The highest BCUT2D eigenvalue weighted by atomic mass is 16.5. The summed E-state index contributed by atoms with van der Waals surface area (Å²) in [4.78, 5) is 0. The van der Waals surface area contributed by atoms with Crippen molar-refractivity contribution in [2.24, 2.45) is 5.92 Å². The van der Waals surface area contributed by atoms with E-state index in [-0.39, 0.29) is 0 Å². The average molecular weight is 349 g/mol. The maximum atomic E-state index is 9.62. The number of nitriles is 1. The quantitative estimate of drug-likeness (QED) is 0.689. The average Bonchev–Trinajstić information content (AvgIpc) is 2.65. The van der Waals surface area contributed by atoms with E-state index in [2.05, 4.69) is 13.0 Å². The summed E-state index contributed by atoms with van der Waals surface area (Å²) in [5, 5.41) is 9.62. The minimum absolute atomic E-state index is 0.480. The number of nitrogen functional groups attached to an aromatic ring is 2. The molecule has 1 saturated carbocycles. The second kappa shape index (κ2) is 8.14. The first kappa shape index (κ1) is 18.1. The van der Waals surface area contributed by atoms with Gasteiger partial charge in [0, 0.05) is 5.69 Å². The van der Waals surface area contributed by atoms with Crippen molar-refractivity contribution in [3.8, 4) is 17.6 Å². The van der Waals surface area contributed by atoms with Gasteiger partial charge in [-0.15, -0.1) is 0 Å². The molecule has 4 heteroatoms. The van der Waals surface area contributed by atoms with Crippen LogP contribution in [0.1, 0.15) is 62.5 Å². The molecule has 3 rings (SSSR count). The molecule has 0 radical (unpaired) electrons. The molecule has 0 spiro atoms. The summed E-state index contributed by atoms with van der Waals surface area (Å²) >= 11 is 0. The molecule has 0 aromatic heterocycles. The number of rotatable bonds is 5. The molecule has 0 unspecified atom stereocenters. The number of nitrogens with zero attached hydrogens (tertiary/aromatic N) is 1. The Morgan fingerprint density at radius 3 is 2.50 bits per heavy atom. The van der Waals surface area contributed by atoms with Crippen molar-refractivity contribution < 1.29 is 4.74 Å². The van der Waals surface area contributed by atoms with Gasteiger partial charge in [-0.2, -0.15) is 5.26 Å². The summed E-state index contributed by atoms with van der Waals surface area (Å²) < 4.78 is 5.87. The zero-order chi connectivity index (χ0) is 18.5. The van der Waals surface area contributed by atoms with Crippen molar-refractivity contribution in [3.05, 3.63) is 47.5 Å². The van der Waals surface area contributed by atoms with Crippen molar-refractivity contribution >= 4 is 11.4 Å². The lowest BCUT2D eigenvalue weighted by molar-refractivity contribution is 0.308. The van der Waals surface area contributed by atoms with Crippen LogP contribution in [0.4, 0.5) is 11.4 Å². The van der Waals surface area contributed by atoms with Gasteiger partial charge in [-0.25, -0.2) is 0 Å². The van der Waals surface area contributed by atoms with E-state index in [1.165, 1.54) is 38.5 Å². The number of hydrogen-bond acceptors (Lipinski definition) is 4. The Hall–Kier alpha value is -2.67. The predicted octanol–water partition coefficient (Wildman–Crippen LogP) is 5.59. The van der Waals surface area contributed by atoms with Gasteiger partial charge in [0.2, 0.25) is 0 Å². The van der Waals surface area contributed by atoms with Crippen LogP contribution >= 0.6 is 0 Å². The van der Waals surface area contributed by atoms with Crippen LogP contribution in [-0.2, 0) is 0 Å². The van der Waals surface area contributed by atoms with Crippen LogP contribution < -0.4 is 16.2 Å². The molecule has 0 atom stereocenters. The molecule has 26 heavy (non-hydrogen) atoms. The lowest BCUT2D eigenvalue weighted by Gasteiger charge is -2.29. The first-order valence-electron chi connectivity index (χ1n) is 9.47. The van der Waals surface area contributed by atoms with Gasteiger partial charge in [0.25, 0.3) is 0 Å². The van der Waals surface area contributed by atoms with E-state index in [1.54, 1.807) is 18.2 Å². The van der Waals surface area contributed by atoms with Gasteiger partial charge in [0.1, 0.15) is 11.5 Å². The van der Waals surface area contributed by atoms with Crippen LogP contribution in [0, 0.1) is 17.2 Å². The smallest absolute Gasteiger partial charge is 0.150 e. The lowest BCUT2D eigenvalue weighted by Crippen LogP contribution is -2.14. The molecule has 0 saturated heterocycles. The van der Waals surface area contributed by atoms with Crippen LogP contribution in [-0.4, -0.2) is 0 Å². The second-order valence-corrected chi connectivity index (χ2v) is 7.27. The van der Waals surface area contributed by atoms with E-state index in [1.807, 2.05) is 18.2 Å². The van der Waals surface area contributed by atoms with Crippen LogP contribution in [0.25, 0.3) is 0 Å². The van der Waals surface area contributed by atoms with Gasteiger partial charge < -0.3 is 16.2 Å². The van der Waals surface area contributed by atoms with Gasteiger partial charge in [0.15, 0.2) is 0 Å². The molecule has 136 valence electrons. The third-order valence-electron chi connectivity index (χ3n) is 5.39. The maximum Gasteiger partial charge on any atom is 0.150 e. The number of nitrogens with two attached hydrogens (primary N) is 2. The highest BCUT2D eigenvalue weighted by Gasteiger charge is 2.24. The first-order valence-corrected chi connectivity index (χ1v) is 9.47. The zero-order valence-corrected chi connectivity index (χ0v) is 15.4. The second-order valence-electron chi connectivity index (χ2n) is 7.27. The molecule has 1 aliphatic rings. The standard InChI is InChI=1S/C22H27N3O/c1-2-3-15-4-6-16(7-5-15)20-10-9-19(12-17(20)14-23)26-22-11-8-18(24)13-21(22)25/h8-13,15-16H,2-7,24-25H2,1H3. The molecule has 0 heterocycles. The summed E-state index contributed by atoms with van der Waals surface area (Å²) in [5.74, 6) is 2.52. The molecule has 1 aliphatic carbocycles. The highest BCUT2D eigenvalue weighted by Crippen LogP contribution is 2.40. The lowest BCUT2D eigenvalue weighted by atomic mass is 9.76. The fourth-order valence-electron chi connectivity index (χ4n) is 4.01. The highest BCUT2D eigenvalue weighted by molar-refractivity contribution is 5.61. The SMILES string of the molecule is CCCC1CCC(c2ccc(Oc3ccc(N)cc3N)cc2C#N)CC1. The van der Waals surface area contributed by atoms with Gasteiger partial charge in [-0.1, -0.05) is 25.8 Å². The molecule has 0 aliphatic heterocycles. The normalized spacial score (nSPS) is 19.7. The first-order chi connectivity index (χ1) is 12.6. The van der Waals surface area contributed by atoms with E-state index < -0.39 is 0 Å². The third-order valence-corrected chi connectivity index (χ3v) is 5.39. The van der Waals surface area contributed by atoms with Crippen molar-refractivity contribution in [1.82, 2.24) is 0 Å². The zero-order valence-electron chi connectivity index (χ0n) is 15.4. The van der Waals surface area contributed by atoms with E-state index >= 15 is 0 Å². The van der Waals surface area contributed by atoms with Crippen LogP contribution in [0.5, 0.6) is 11.5 Å². The van der Waals surface area contributed by atoms with Crippen molar-refractivity contribution in [2.45, 2.75) is 51.4 Å². The van der Waals surface area contributed by atoms with Crippen molar-refractivity contribution in [3.63, 3.8) is 0 Å². The molecule has 4 N–H and O–H groups in total. The summed E-state index contributed by atoms with van der Waals surface area (Å²) in [6.45, 7) is 2.26. The Labute approximate surface area is 155 Å². The third kappa shape index (κ3) is 4.11. The maximum absolute atomic E-state index is 9.62. The van der Waals surface area contributed by atoms with Crippen LogP contribution in [0.2, 0.25) is 0 Å². The van der Waals surface area contributed by atoms with Gasteiger partial charge in [-0.3, -0.25) is 0 Å². The summed E-state index contributed by atoms with van der Waals surface area (Å²) in [7, 11) is 0. The van der Waals surface area contributed by atoms with Crippen molar-refractivity contribution in [1.29, 1.82) is 5.26 Å². The van der Waals surface area contributed by atoms with Gasteiger partial charge in [-0.05, 0) is 73.4 Å². The topological polar surface area (TPSA) is 85.1 Å². The number of benzene rings is 2. The minimum Gasteiger partial charge on any atom is -0.455 e. The molecule has 4 nitrogen and oxygen atoms in total. The molecule has 2 aromatic rings. The Morgan fingerprint density at radius 2 is 1.85 bits per heavy atom. The van der Waals surface area contributed by atoms with E-state index in [9.17, 15) is 5.26 Å². The fraction of sp³-hybridized carbons (Fsp3) is 0.409. The summed E-state index contributed by atoms with van der Waals surface area (Å²) in [6, 6.07) is 13.3. The van der Waals surface area contributed by atoms with E-state index in [4.69, 9.17) is 16.2 Å². The molecular weight excluding hydrogens is 322 g/mol. The number of ether oxygens (including phenoxy) is 1. The summed E-state index contributed by atoms with van der Waals surface area (Å²) in [5.41, 5.74) is 14.6. The van der Waals surface area contributed by atoms with E-state index in [0.29, 0.717) is 34.4 Å². The molecule has 0 amide bonds. The molecule has 1 fully saturated rings. The Bertz CT molecular complexity index is 802. The number of anilines is 2. The minimum atomic E-state index is 0.480. The van der Waals surface area contributed by atoms with Crippen molar-refractivity contribution in [2.75, 3.05) is 11.5 Å². The number of hydrogen-bond donors (Lipinski definition) is 2. The Kier molecular flexibility index (Phi) is 5.68. The molecule has 0 bridgehead atoms. The molecule has 2 aromatic carbocycles. The largest absolute Gasteiger partial charge is 0.455 e. The fourth-order valence-corrected chi connectivity index (χ4v) is 4.01. The van der Waals surface area contributed by atoms with E-state index in [0.717, 1.165) is 11.5 Å². The van der Waals surface area contributed by atoms with Crippen LogP contribution in [0.3, 0.4) is 0 Å². The van der Waals surface area contributed by atoms with Gasteiger partial charge >= 0.3 is 0 Å². The predicted molar refractivity (Wildman–Crippen MR) is 106 cm³/mol. The Balaban J connectivity index is 1.75. The molecular formula is C22H27N3O. The van der Waals surface area contributed by atoms with Gasteiger partial charge in [0.05, 0.1) is 17.3 Å². The monoisotopic (exact) mass is 349 g/mol. The Morgan fingerprint density at radius 1 is 1.08 bits per heavy atom.